The van der Waals surface area contributed by atoms with Gasteiger partial charge in [-0.15, -0.1) is 0 Å². The summed E-state index contributed by atoms with van der Waals surface area (Å²) in [5.74, 6) is 0. The maximum atomic E-state index is 10.9. The van der Waals surface area contributed by atoms with Gasteiger partial charge in [-0.1, -0.05) is 23.7 Å². The highest BCUT2D eigenvalue weighted by atomic mass is 79.9. The number of anilines is 1. The van der Waals surface area contributed by atoms with Gasteiger partial charge in [0, 0.05) is 22.1 Å². The van der Waals surface area contributed by atoms with Crippen LogP contribution >= 0.6 is 43.5 Å². The Balaban J connectivity index is 2.21. The van der Waals surface area contributed by atoms with Crippen LogP contribution in [0.4, 0.5) is 11.4 Å². The number of nitro benzene ring substituents is 1. The molecule has 0 bridgehead atoms. The number of hydrogen-bond donors (Lipinski definition) is 1. The molecule has 2 aromatic rings. The van der Waals surface area contributed by atoms with E-state index in [0.717, 1.165) is 15.7 Å². The molecular weight excluding hydrogens is 411 g/mol. The Morgan fingerprint density at radius 1 is 1.25 bits per heavy atom. The van der Waals surface area contributed by atoms with Crippen LogP contribution in [0.15, 0.2) is 45.3 Å². The third kappa shape index (κ3) is 3.50. The minimum absolute atomic E-state index is 0.0504. The number of nitrogens with one attached hydrogen (secondary N) is 1. The van der Waals surface area contributed by atoms with Crippen molar-refractivity contribution in [3.8, 4) is 0 Å². The van der Waals surface area contributed by atoms with E-state index in [1.807, 2.05) is 12.1 Å². The number of halogens is 3. The lowest BCUT2D eigenvalue weighted by Crippen LogP contribution is -2.02. The largest absolute Gasteiger partial charge is 0.380 e. The molecule has 0 saturated heterocycles. The van der Waals surface area contributed by atoms with Crippen LogP contribution in [0.1, 0.15) is 5.56 Å². The zero-order valence-electron chi connectivity index (χ0n) is 10.1. The molecule has 2 rings (SSSR count). The van der Waals surface area contributed by atoms with Crippen LogP contribution in [0.2, 0.25) is 5.02 Å². The Labute approximate surface area is 137 Å². The summed E-state index contributed by atoms with van der Waals surface area (Å²) in [4.78, 5) is 10.5. The second-order valence-electron chi connectivity index (χ2n) is 3.99. The van der Waals surface area contributed by atoms with Gasteiger partial charge in [-0.05, 0) is 55.6 Å². The molecule has 0 fully saturated rings. The predicted molar refractivity (Wildman–Crippen MR) is 87.3 cm³/mol. The van der Waals surface area contributed by atoms with E-state index in [1.165, 1.54) is 6.07 Å². The molecule has 0 radical (unpaired) electrons. The van der Waals surface area contributed by atoms with Gasteiger partial charge in [-0.2, -0.15) is 0 Å². The fraction of sp³-hybridized carbons (Fsp3) is 0.0769. The van der Waals surface area contributed by atoms with Crippen LogP contribution in [0.3, 0.4) is 0 Å². The lowest BCUT2D eigenvalue weighted by atomic mass is 10.2. The van der Waals surface area contributed by atoms with Crippen molar-refractivity contribution in [2.75, 3.05) is 5.32 Å². The fourth-order valence-electron chi connectivity index (χ4n) is 1.67. The van der Waals surface area contributed by atoms with Crippen molar-refractivity contribution in [1.29, 1.82) is 0 Å². The van der Waals surface area contributed by atoms with Crippen molar-refractivity contribution >= 4 is 54.8 Å². The molecule has 0 aliphatic rings. The van der Waals surface area contributed by atoms with E-state index in [2.05, 4.69) is 37.2 Å². The van der Waals surface area contributed by atoms with Gasteiger partial charge in [0.15, 0.2) is 0 Å². The summed E-state index contributed by atoms with van der Waals surface area (Å²) < 4.78 is 1.36. The molecule has 0 aromatic heterocycles. The summed E-state index contributed by atoms with van der Waals surface area (Å²) in [5, 5.41) is 14.7. The number of hydrogen-bond acceptors (Lipinski definition) is 3. The Bertz CT molecular complexity index is 665. The lowest BCUT2D eigenvalue weighted by molar-refractivity contribution is -0.385. The second-order valence-corrected chi connectivity index (χ2v) is 6.07. The number of benzene rings is 2. The van der Waals surface area contributed by atoms with Crippen LogP contribution in [-0.2, 0) is 6.54 Å². The first kappa shape index (κ1) is 15.3. The van der Waals surface area contributed by atoms with E-state index in [0.29, 0.717) is 16.0 Å². The lowest BCUT2D eigenvalue weighted by Gasteiger charge is -2.10. The molecule has 0 aliphatic heterocycles. The topological polar surface area (TPSA) is 55.2 Å². The monoisotopic (exact) mass is 418 g/mol. The van der Waals surface area contributed by atoms with Gasteiger partial charge >= 0.3 is 0 Å². The first-order valence-corrected chi connectivity index (χ1v) is 7.56. The van der Waals surface area contributed by atoms with E-state index in [-0.39, 0.29) is 5.69 Å². The average Bonchev–Trinajstić information content (AvgIpc) is 2.41. The van der Waals surface area contributed by atoms with Crippen molar-refractivity contribution in [3.63, 3.8) is 0 Å². The standard InChI is InChI=1S/C13H9Br2ClN2O2/c14-10-5-4-9(16)6-11(10)17-7-8-2-1-3-12(13(8)15)18(19)20/h1-6,17H,7H2. The van der Waals surface area contributed by atoms with Gasteiger partial charge in [-0.25, -0.2) is 0 Å². The molecule has 0 atom stereocenters. The molecule has 0 saturated carbocycles. The van der Waals surface area contributed by atoms with Crippen LogP contribution in [0.25, 0.3) is 0 Å². The fourth-order valence-corrected chi connectivity index (χ4v) is 2.78. The Morgan fingerprint density at radius 3 is 2.70 bits per heavy atom. The van der Waals surface area contributed by atoms with Crippen molar-refractivity contribution in [2.45, 2.75) is 6.54 Å². The molecule has 0 aliphatic carbocycles. The van der Waals surface area contributed by atoms with Gasteiger partial charge < -0.3 is 5.32 Å². The molecule has 2 aromatic carbocycles. The summed E-state index contributed by atoms with van der Waals surface area (Å²) >= 11 is 12.6. The van der Waals surface area contributed by atoms with Crippen molar-refractivity contribution in [3.05, 3.63) is 66.0 Å². The molecule has 7 heteroatoms. The first-order chi connectivity index (χ1) is 9.49. The predicted octanol–water partition coefficient (Wildman–Crippen LogP) is 5.39. The van der Waals surface area contributed by atoms with Crippen molar-refractivity contribution < 1.29 is 4.92 Å². The minimum Gasteiger partial charge on any atom is -0.380 e. The zero-order chi connectivity index (χ0) is 14.7. The summed E-state index contributed by atoms with van der Waals surface area (Å²) in [5.41, 5.74) is 1.68. The molecule has 0 heterocycles. The van der Waals surface area contributed by atoms with Gasteiger partial charge in [-0.3, -0.25) is 10.1 Å². The highest BCUT2D eigenvalue weighted by Crippen LogP contribution is 2.30. The second kappa shape index (κ2) is 6.56. The number of rotatable bonds is 4. The summed E-state index contributed by atoms with van der Waals surface area (Å²) in [6, 6.07) is 10.3. The SMILES string of the molecule is O=[N+]([O-])c1cccc(CNc2cc(Cl)ccc2Br)c1Br. The molecule has 4 nitrogen and oxygen atoms in total. The molecule has 0 spiro atoms. The first-order valence-electron chi connectivity index (χ1n) is 5.59. The maximum absolute atomic E-state index is 10.9. The van der Waals surface area contributed by atoms with Crippen molar-refractivity contribution in [2.24, 2.45) is 0 Å². The van der Waals surface area contributed by atoms with E-state index in [1.54, 1.807) is 18.2 Å². The van der Waals surface area contributed by atoms with Gasteiger partial charge in [0.1, 0.15) is 4.47 Å². The normalized spacial score (nSPS) is 10.3. The van der Waals surface area contributed by atoms with Gasteiger partial charge in [0.2, 0.25) is 0 Å². The summed E-state index contributed by atoms with van der Waals surface area (Å²) in [6.07, 6.45) is 0. The molecule has 104 valence electrons. The van der Waals surface area contributed by atoms with Crippen molar-refractivity contribution in [1.82, 2.24) is 0 Å². The van der Waals surface area contributed by atoms with Gasteiger partial charge in [0.05, 0.1) is 10.6 Å². The molecule has 0 amide bonds. The van der Waals surface area contributed by atoms with E-state index in [9.17, 15) is 10.1 Å². The van der Waals surface area contributed by atoms with Crippen LogP contribution in [0.5, 0.6) is 0 Å². The van der Waals surface area contributed by atoms with Gasteiger partial charge in [0.25, 0.3) is 5.69 Å². The van der Waals surface area contributed by atoms with Crippen LogP contribution < -0.4 is 5.32 Å². The number of nitro groups is 1. The highest BCUT2D eigenvalue weighted by molar-refractivity contribution is 9.11. The third-order valence-corrected chi connectivity index (χ3v) is 4.49. The van der Waals surface area contributed by atoms with Crippen LogP contribution in [0, 0.1) is 10.1 Å². The van der Waals surface area contributed by atoms with E-state index < -0.39 is 4.92 Å². The third-order valence-electron chi connectivity index (χ3n) is 2.65. The quantitative estimate of drug-likeness (QED) is 0.533. The molecular formula is C13H9Br2ClN2O2. The minimum atomic E-state index is -0.414. The summed E-state index contributed by atoms with van der Waals surface area (Å²) in [6.45, 7) is 0.446. The van der Waals surface area contributed by atoms with E-state index in [4.69, 9.17) is 11.6 Å². The smallest absolute Gasteiger partial charge is 0.283 e. The number of nitrogens with zero attached hydrogens (tertiary/aromatic N) is 1. The maximum Gasteiger partial charge on any atom is 0.283 e. The molecule has 20 heavy (non-hydrogen) atoms. The average molecular weight is 420 g/mol. The van der Waals surface area contributed by atoms with Crippen LogP contribution in [-0.4, -0.2) is 4.92 Å². The molecule has 0 unspecified atom stereocenters. The Kier molecular flexibility index (Phi) is 5.01. The Hall–Kier alpha value is -1.11. The molecule has 1 N–H and O–H groups in total. The zero-order valence-corrected chi connectivity index (χ0v) is 14.0. The summed E-state index contributed by atoms with van der Waals surface area (Å²) in [7, 11) is 0. The highest BCUT2D eigenvalue weighted by Gasteiger charge is 2.14. The van der Waals surface area contributed by atoms with E-state index >= 15 is 0 Å². The Morgan fingerprint density at radius 2 is 2.00 bits per heavy atom.